The second-order valence-corrected chi connectivity index (χ2v) is 6.52. The van der Waals surface area contributed by atoms with Gasteiger partial charge in [0.25, 0.3) is 5.91 Å². The lowest BCUT2D eigenvalue weighted by molar-refractivity contribution is 0.102. The fourth-order valence-corrected chi connectivity index (χ4v) is 3.13. The Morgan fingerprint density at radius 1 is 1.00 bits per heavy atom. The van der Waals surface area contributed by atoms with Crippen LogP contribution in [0.3, 0.4) is 0 Å². The van der Waals surface area contributed by atoms with Gasteiger partial charge in [-0.1, -0.05) is 42.0 Å². The molecule has 0 saturated carbocycles. The van der Waals surface area contributed by atoms with E-state index < -0.39 is 0 Å². The quantitative estimate of drug-likeness (QED) is 0.789. The number of hydrogen-bond donors (Lipinski definition) is 1. The topological polar surface area (TPSA) is 58.1 Å². The lowest BCUT2D eigenvalue weighted by Gasteiger charge is -2.29. The third-order valence-corrected chi connectivity index (χ3v) is 4.63. The first-order valence-electron chi connectivity index (χ1n) is 8.71. The summed E-state index contributed by atoms with van der Waals surface area (Å²) in [6.07, 6.45) is 4.21. The minimum Gasteiger partial charge on any atom is -0.351 e. The number of hydrogen-bond acceptors (Lipinski definition) is 4. The van der Waals surface area contributed by atoms with Crippen LogP contribution in [-0.2, 0) is 13.0 Å². The van der Waals surface area contributed by atoms with Gasteiger partial charge in [-0.15, -0.1) is 0 Å². The molecule has 0 spiro atoms. The second kappa shape index (κ2) is 6.96. The molecule has 1 amide bonds. The fourth-order valence-electron chi connectivity index (χ4n) is 3.13. The molecule has 5 heteroatoms. The van der Waals surface area contributed by atoms with Crippen molar-refractivity contribution < 1.29 is 4.79 Å². The number of amides is 1. The summed E-state index contributed by atoms with van der Waals surface area (Å²) in [7, 11) is 0. The summed E-state index contributed by atoms with van der Waals surface area (Å²) in [6, 6.07) is 16.1. The van der Waals surface area contributed by atoms with Crippen LogP contribution >= 0.6 is 0 Å². The zero-order chi connectivity index (χ0) is 17.9. The molecule has 1 N–H and O–H groups in total. The Kier molecular flexibility index (Phi) is 4.35. The van der Waals surface area contributed by atoms with Gasteiger partial charge in [0.2, 0.25) is 0 Å². The van der Waals surface area contributed by atoms with E-state index in [0.29, 0.717) is 5.69 Å². The van der Waals surface area contributed by atoms with Crippen LogP contribution in [0.4, 0.5) is 11.5 Å². The molecular weight excluding hydrogens is 324 g/mol. The van der Waals surface area contributed by atoms with E-state index in [0.717, 1.165) is 36.6 Å². The number of aryl methyl sites for hydroxylation is 1. The Morgan fingerprint density at radius 3 is 2.50 bits per heavy atom. The number of aromatic nitrogens is 2. The highest BCUT2D eigenvalue weighted by atomic mass is 16.1. The van der Waals surface area contributed by atoms with Crippen LogP contribution in [0.15, 0.2) is 60.9 Å². The van der Waals surface area contributed by atoms with Gasteiger partial charge in [0, 0.05) is 18.8 Å². The molecule has 1 aliphatic rings. The monoisotopic (exact) mass is 344 g/mol. The van der Waals surface area contributed by atoms with E-state index in [9.17, 15) is 4.79 Å². The van der Waals surface area contributed by atoms with E-state index in [1.54, 1.807) is 12.4 Å². The van der Waals surface area contributed by atoms with Gasteiger partial charge in [-0.2, -0.15) is 0 Å². The molecule has 0 bridgehead atoms. The first-order valence-corrected chi connectivity index (χ1v) is 8.71. The largest absolute Gasteiger partial charge is 0.351 e. The first kappa shape index (κ1) is 16.3. The molecule has 4 rings (SSSR count). The van der Waals surface area contributed by atoms with Crippen molar-refractivity contribution in [3.63, 3.8) is 0 Å². The van der Waals surface area contributed by atoms with Crippen molar-refractivity contribution in [2.45, 2.75) is 19.9 Å². The molecule has 0 radical (unpaired) electrons. The summed E-state index contributed by atoms with van der Waals surface area (Å²) >= 11 is 0. The summed E-state index contributed by atoms with van der Waals surface area (Å²) in [4.78, 5) is 23.3. The van der Waals surface area contributed by atoms with Gasteiger partial charge < -0.3 is 10.2 Å². The molecule has 1 aromatic heterocycles. The van der Waals surface area contributed by atoms with Gasteiger partial charge in [0.05, 0.1) is 12.4 Å². The molecule has 130 valence electrons. The second-order valence-electron chi connectivity index (χ2n) is 6.52. The number of fused-ring (bicyclic) bond motifs is 1. The van der Waals surface area contributed by atoms with Crippen molar-refractivity contribution in [2.24, 2.45) is 0 Å². The number of rotatable bonds is 3. The highest BCUT2D eigenvalue weighted by Crippen LogP contribution is 2.22. The number of carbonyl (C=O) groups is 1. The molecule has 2 heterocycles. The van der Waals surface area contributed by atoms with Crippen molar-refractivity contribution in [1.82, 2.24) is 9.97 Å². The van der Waals surface area contributed by atoms with E-state index in [1.807, 2.05) is 31.2 Å². The molecule has 0 atom stereocenters. The third kappa shape index (κ3) is 3.42. The Morgan fingerprint density at radius 2 is 1.77 bits per heavy atom. The highest BCUT2D eigenvalue weighted by Gasteiger charge is 2.18. The third-order valence-electron chi connectivity index (χ3n) is 4.63. The van der Waals surface area contributed by atoms with Crippen molar-refractivity contribution in [2.75, 3.05) is 16.8 Å². The van der Waals surface area contributed by atoms with Crippen molar-refractivity contribution in [3.8, 4) is 0 Å². The highest BCUT2D eigenvalue weighted by molar-refractivity contribution is 6.02. The number of nitrogens with one attached hydrogen (secondary N) is 1. The normalized spacial score (nSPS) is 13.2. The van der Waals surface area contributed by atoms with Crippen LogP contribution in [-0.4, -0.2) is 22.4 Å². The van der Waals surface area contributed by atoms with Crippen LogP contribution in [0.2, 0.25) is 0 Å². The SMILES string of the molecule is Cc1ccc(NC(=O)c2cnc(N3CCc4ccccc4C3)cn2)cc1. The van der Waals surface area contributed by atoms with Crippen LogP contribution in [0.5, 0.6) is 0 Å². The number of benzene rings is 2. The van der Waals surface area contributed by atoms with Gasteiger partial charge in [-0.25, -0.2) is 9.97 Å². The van der Waals surface area contributed by atoms with E-state index in [4.69, 9.17) is 0 Å². The first-order chi connectivity index (χ1) is 12.7. The van der Waals surface area contributed by atoms with E-state index >= 15 is 0 Å². The lowest BCUT2D eigenvalue weighted by atomic mass is 10.0. The van der Waals surface area contributed by atoms with Gasteiger partial charge in [-0.05, 0) is 36.6 Å². The van der Waals surface area contributed by atoms with Crippen LogP contribution in [0.1, 0.15) is 27.2 Å². The summed E-state index contributed by atoms with van der Waals surface area (Å²) in [5, 5.41) is 2.84. The molecular formula is C21H20N4O. The molecule has 0 aliphatic carbocycles. The van der Waals surface area contributed by atoms with Crippen LogP contribution in [0.25, 0.3) is 0 Å². The maximum atomic E-state index is 12.3. The lowest BCUT2D eigenvalue weighted by Crippen LogP contribution is -2.31. The minimum absolute atomic E-state index is 0.253. The van der Waals surface area contributed by atoms with E-state index in [1.165, 1.54) is 11.1 Å². The summed E-state index contributed by atoms with van der Waals surface area (Å²) < 4.78 is 0. The summed E-state index contributed by atoms with van der Waals surface area (Å²) in [5.41, 5.74) is 4.92. The predicted octanol–water partition coefficient (Wildman–Crippen LogP) is 3.60. The number of carbonyl (C=O) groups excluding carboxylic acids is 1. The van der Waals surface area contributed by atoms with Crippen molar-refractivity contribution >= 4 is 17.4 Å². The number of nitrogens with zero attached hydrogens (tertiary/aromatic N) is 3. The van der Waals surface area contributed by atoms with Crippen molar-refractivity contribution in [3.05, 3.63) is 83.3 Å². The molecule has 3 aromatic rings. The molecule has 0 saturated heterocycles. The van der Waals surface area contributed by atoms with Gasteiger partial charge in [-0.3, -0.25) is 4.79 Å². The molecule has 0 fully saturated rings. The van der Waals surface area contributed by atoms with E-state index in [-0.39, 0.29) is 5.91 Å². The van der Waals surface area contributed by atoms with Crippen LogP contribution < -0.4 is 10.2 Å². The Labute approximate surface area is 152 Å². The molecule has 26 heavy (non-hydrogen) atoms. The maximum Gasteiger partial charge on any atom is 0.275 e. The summed E-state index contributed by atoms with van der Waals surface area (Å²) in [6.45, 7) is 3.73. The number of anilines is 2. The van der Waals surface area contributed by atoms with Gasteiger partial charge >= 0.3 is 0 Å². The molecule has 2 aromatic carbocycles. The average molecular weight is 344 g/mol. The van der Waals surface area contributed by atoms with E-state index in [2.05, 4.69) is 44.5 Å². The summed E-state index contributed by atoms with van der Waals surface area (Å²) in [5.74, 6) is 0.545. The van der Waals surface area contributed by atoms with Crippen molar-refractivity contribution in [1.29, 1.82) is 0 Å². The zero-order valence-corrected chi connectivity index (χ0v) is 14.6. The molecule has 5 nitrogen and oxygen atoms in total. The zero-order valence-electron chi connectivity index (χ0n) is 14.6. The maximum absolute atomic E-state index is 12.3. The predicted molar refractivity (Wildman–Crippen MR) is 102 cm³/mol. The molecule has 0 unspecified atom stereocenters. The Balaban J connectivity index is 1.45. The Bertz CT molecular complexity index is 920. The van der Waals surface area contributed by atoms with Crippen LogP contribution in [0, 0.1) is 6.92 Å². The average Bonchev–Trinajstić information content (AvgIpc) is 2.69. The molecule has 1 aliphatic heterocycles. The Hall–Kier alpha value is -3.21. The fraction of sp³-hybridized carbons (Fsp3) is 0.190. The minimum atomic E-state index is -0.253. The van der Waals surface area contributed by atoms with Gasteiger partial charge in [0.1, 0.15) is 11.5 Å². The smallest absolute Gasteiger partial charge is 0.275 e. The standard InChI is InChI=1S/C21H20N4O/c1-15-6-8-18(9-7-15)24-21(26)19-12-23-20(13-22-19)25-11-10-16-4-2-3-5-17(16)14-25/h2-9,12-13H,10-11,14H2,1H3,(H,24,26). The van der Waals surface area contributed by atoms with Gasteiger partial charge in [0.15, 0.2) is 0 Å².